The van der Waals surface area contributed by atoms with E-state index >= 15 is 0 Å². The van der Waals surface area contributed by atoms with Gasteiger partial charge in [-0.3, -0.25) is 0 Å². The van der Waals surface area contributed by atoms with Gasteiger partial charge in [-0.25, -0.2) is 0 Å². The van der Waals surface area contributed by atoms with Crippen LogP contribution >= 0.6 is 0 Å². The maximum absolute atomic E-state index is 12.9. The minimum atomic E-state index is -4.77. The van der Waals surface area contributed by atoms with Crippen molar-refractivity contribution in [2.45, 2.75) is 18.3 Å². The summed E-state index contributed by atoms with van der Waals surface area (Å²) in [6.45, 7) is -0.147. The van der Waals surface area contributed by atoms with Crippen LogP contribution in [0.25, 0.3) is 0 Å². The number of hydrogen-bond donors (Lipinski definition) is 2. The number of aliphatic hydroxyl groups excluding tert-OH is 1. The molecule has 1 atom stereocenters. The summed E-state index contributed by atoms with van der Waals surface area (Å²) >= 11 is 0. The van der Waals surface area contributed by atoms with Gasteiger partial charge in [0.1, 0.15) is 0 Å². The Morgan fingerprint density at radius 1 is 1.11 bits per heavy atom. The summed E-state index contributed by atoms with van der Waals surface area (Å²) in [6.07, 6.45) is -10.6. The van der Waals surface area contributed by atoms with Crippen molar-refractivity contribution in [2.24, 2.45) is 5.73 Å². The highest BCUT2D eigenvalue weighted by Gasteiger charge is 2.65. The highest BCUT2D eigenvalue weighted by atomic mass is 19.3. The van der Waals surface area contributed by atoms with Gasteiger partial charge in [0.15, 0.2) is 11.5 Å². The van der Waals surface area contributed by atoms with Crippen LogP contribution in [-0.4, -0.2) is 23.9 Å². The zero-order valence-electron chi connectivity index (χ0n) is 8.87. The Morgan fingerprint density at radius 2 is 1.67 bits per heavy atom. The predicted octanol–water partition coefficient (Wildman–Crippen LogP) is 1.64. The number of ether oxygens (including phenoxy) is 2. The third kappa shape index (κ3) is 1.97. The van der Waals surface area contributed by atoms with Gasteiger partial charge in [0.25, 0.3) is 0 Å². The minimum absolute atomic E-state index is 0.147. The van der Waals surface area contributed by atoms with Crippen LogP contribution in [0.2, 0.25) is 0 Å². The van der Waals surface area contributed by atoms with Crippen molar-refractivity contribution in [1.29, 1.82) is 0 Å². The molecule has 4 nitrogen and oxygen atoms in total. The maximum Gasteiger partial charge on any atom is 0.507 e. The van der Waals surface area contributed by atoms with Gasteiger partial charge < -0.3 is 20.3 Å². The molecule has 18 heavy (non-hydrogen) atoms. The van der Waals surface area contributed by atoms with Gasteiger partial charge in [-0.15, -0.1) is 0 Å². The Morgan fingerprint density at radius 3 is 2.22 bits per heavy atom. The van der Waals surface area contributed by atoms with Gasteiger partial charge in [0, 0.05) is 6.54 Å². The highest BCUT2D eigenvalue weighted by molar-refractivity contribution is 5.45. The summed E-state index contributed by atoms with van der Waals surface area (Å²) in [4.78, 5) is 0. The molecule has 0 bridgehead atoms. The Bertz CT molecular complexity index is 466. The van der Waals surface area contributed by atoms with Crippen LogP contribution in [0.15, 0.2) is 18.2 Å². The molecule has 0 spiro atoms. The number of rotatable bonds is 2. The number of benzene rings is 1. The first kappa shape index (κ1) is 12.9. The smallest absolute Gasteiger partial charge is 0.421 e. The highest BCUT2D eigenvalue weighted by Crippen LogP contribution is 2.47. The summed E-state index contributed by atoms with van der Waals surface area (Å²) < 4.78 is 59.2. The van der Waals surface area contributed by atoms with E-state index in [1.165, 1.54) is 6.07 Å². The van der Waals surface area contributed by atoms with Crippen molar-refractivity contribution in [1.82, 2.24) is 0 Å². The SMILES string of the molecule is NCC(O)c1ccc2c(c1)OC(F)(F)C(F)(F)O2. The zero-order valence-corrected chi connectivity index (χ0v) is 8.87. The van der Waals surface area contributed by atoms with Gasteiger partial charge in [0.05, 0.1) is 6.10 Å². The third-order valence-corrected chi connectivity index (χ3v) is 2.39. The third-order valence-electron chi connectivity index (χ3n) is 2.39. The quantitative estimate of drug-likeness (QED) is 0.799. The number of nitrogens with two attached hydrogens (primary N) is 1. The molecule has 1 aliphatic rings. The Labute approximate surface area is 98.9 Å². The number of halogens is 4. The van der Waals surface area contributed by atoms with E-state index in [4.69, 9.17) is 5.73 Å². The average molecular weight is 267 g/mol. The summed E-state index contributed by atoms with van der Waals surface area (Å²) in [5.41, 5.74) is 5.35. The topological polar surface area (TPSA) is 64.7 Å². The molecule has 8 heteroatoms. The number of fused-ring (bicyclic) bond motifs is 1. The number of hydrogen-bond acceptors (Lipinski definition) is 4. The molecular formula is C10H9F4NO3. The summed E-state index contributed by atoms with van der Waals surface area (Å²) in [5, 5.41) is 9.41. The monoisotopic (exact) mass is 267 g/mol. The van der Waals surface area contributed by atoms with Crippen LogP contribution in [0.4, 0.5) is 17.6 Å². The zero-order chi connectivity index (χ0) is 13.6. The van der Waals surface area contributed by atoms with Crippen LogP contribution in [0.3, 0.4) is 0 Å². The molecule has 1 unspecified atom stereocenters. The summed E-state index contributed by atoms with van der Waals surface area (Å²) in [5.74, 6) is -1.10. The minimum Gasteiger partial charge on any atom is -0.421 e. The molecule has 0 radical (unpaired) electrons. The molecule has 0 amide bonds. The largest absolute Gasteiger partial charge is 0.507 e. The lowest BCUT2D eigenvalue weighted by atomic mass is 10.1. The molecule has 0 aliphatic carbocycles. The van der Waals surface area contributed by atoms with Crippen molar-refractivity contribution < 1.29 is 32.1 Å². The molecule has 100 valence electrons. The van der Waals surface area contributed by atoms with E-state index in [0.29, 0.717) is 0 Å². The molecule has 0 aromatic heterocycles. The van der Waals surface area contributed by atoms with Crippen LogP contribution in [-0.2, 0) is 0 Å². The molecule has 0 saturated heterocycles. The second-order valence-corrected chi connectivity index (χ2v) is 3.70. The van der Waals surface area contributed by atoms with Crippen molar-refractivity contribution in [3.05, 3.63) is 23.8 Å². The Kier molecular flexibility index (Phi) is 2.86. The van der Waals surface area contributed by atoms with E-state index in [1.807, 2.05) is 0 Å². The van der Waals surface area contributed by atoms with Gasteiger partial charge in [-0.2, -0.15) is 17.6 Å². The molecular weight excluding hydrogens is 258 g/mol. The molecule has 0 fully saturated rings. The molecule has 1 aliphatic heterocycles. The molecule has 2 rings (SSSR count). The first-order chi connectivity index (χ1) is 8.27. The van der Waals surface area contributed by atoms with Crippen molar-refractivity contribution in [2.75, 3.05) is 6.54 Å². The molecule has 1 heterocycles. The van der Waals surface area contributed by atoms with E-state index < -0.39 is 29.8 Å². The number of aliphatic hydroxyl groups is 1. The van der Waals surface area contributed by atoms with E-state index in [9.17, 15) is 22.7 Å². The lowest BCUT2D eigenvalue weighted by molar-refractivity contribution is -0.391. The Hall–Kier alpha value is -1.54. The molecule has 0 saturated carbocycles. The fourth-order valence-electron chi connectivity index (χ4n) is 1.43. The van der Waals surface area contributed by atoms with Crippen molar-refractivity contribution in [3.63, 3.8) is 0 Å². The van der Waals surface area contributed by atoms with Gasteiger partial charge >= 0.3 is 12.2 Å². The number of alkyl halides is 4. The molecule has 1 aromatic carbocycles. The predicted molar refractivity (Wildman–Crippen MR) is 51.6 cm³/mol. The van der Waals surface area contributed by atoms with E-state index in [0.717, 1.165) is 12.1 Å². The molecule has 1 aromatic rings. The van der Waals surface area contributed by atoms with E-state index in [-0.39, 0.29) is 12.1 Å². The van der Waals surface area contributed by atoms with Crippen molar-refractivity contribution >= 4 is 0 Å². The lowest BCUT2D eigenvalue weighted by Crippen LogP contribution is -2.52. The van der Waals surface area contributed by atoms with Gasteiger partial charge in [-0.05, 0) is 17.7 Å². The van der Waals surface area contributed by atoms with Gasteiger partial charge in [0.2, 0.25) is 0 Å². The average Bonchev–Trinajstić information content (AvgIpc) is 2.28. The lowest BCUT2D eigenvalue weighted by Gasteiger charge is -2.32. The fourth-order valence-corrected chi connectivity index (χ4v) is 1.43. The standard InChI is InChI=1S/C10H9F4NO3/c11-9(12)10(13,14)18-8-3-5(6(16)4-15)1-2-7(8)17-9/h1-3,6,16H,4,15H2. The van der Waals surface area contributed by atoms with E-state index in [2.05, 4.69) is 9.47 Å². The van der Waals surface area contributed by atoms with Gasteiger partial charge in [-0.1, -0.05) is 6.07 Å². The first-order valence-corrected chi connectivity index (χ1v) is 4.92. The second-order valence-electron chi connectivity index (χ2n) is 3.70. The van der Waals surface area contributed by atoms with Crippen LogP contribution in [0, 0.1) is 0 Å². The first-order valence-electron chi connectivity index (χ1n) is 4.92. The van der Waals surface area contributed by atoms with Crippen LogP contribution in [0.5, 0.6) is 11.5 Å². The van der Waals surface area contributed by atoms with Crippen molar-refractivity contribution in [3.8, 4) is 11.5 Å². The Balaban J connectivity index is 2.39. The summed E-state index contributed by atoms with van der Waals surface area (Å²) in [6, 6.07) is 3.22. The van der Waals surface area contributed by atoms with Crippen LogP contribution < -0.4 is 15.2 Å². The fraction of sp³-hybridized carbons (Fsp3) is 0.400. The van der Waals surface area contributed by atoms with E-state index in [1.54, 1.807) is 0 Å². The summed E-state index contributed by atoms with van der Waals surface area (Å²) in [7, 11) is 0. The normalized spacial score (nSPS) is 21.4. The van der Waals surface area contributed by atoms with Crippen LogP contribution in [0.1, 0.15) is 11.7 Å². The molecule has 3 N–H and O–H groups in total. The second kappa shape index (κ2) is 3.99. The maximum atomic E-state index is 12.9.